The van der Waals surface area contributed by atoms with E-state index in [4.69, 9.17) is 0 Å². The minimum absolute atomic E-state index is 0.302. The monoisotopic (exact) mass is 254 g/mol. The molecular weight excluding hydrogens is 236 g/mol. The average Bonchev–Trinajstić information content (AvgIpc) is 2.75. The summed E-state index contributed by atoms with van der Waals surface area (Å²) in [5.41, 5.74) is 0.731. The lowest BCUT2D eigenvalue weighted by molar-refractivity contribution is -0.144. The minimum atomic E-state index is -0.685. The highest BCUT2D eigenvalue weighted by Gasteiger charge is 2.24. The third kappa shape index (κ3) is 3.30. The van der Waals surface area contributed by atoms with Crippen molar-refractivity contribution in [2.24, 2.45) is 7.05 Å². The molecule has 0 saturated heterocycles. The van der Waals surface area contributed by atoms with Crippen molar-refractivity contribution in [1.29, 1.82) is 0 Å². The van der Waals surface area contributed by atoms with Gasteiger partial charge in [-0.1, -0.05) is 0 Å². The summed E-state index contributed by atoms with van der Waals surface area (Å²) in [6, 6.07) is -1.24. The van der Waals surface area contributed by atoms with Gasteiger partial charge in [-0.05, 0) is 14.0 Å². The summed E-state index contributed by atoms with van der Waals surface area (Å²) in [6.07, 6.45) is 3.34. The number of nitrogens with zero attached hydrogens (tertiary/aromatic N) is 2. The van der Waals surface area contributed by atoms with Gasteiger partial charge in [-0.2, -0.15) is 5.10 Å². The molecule has 0 saturated carbocycles. The molecule has 1 amide bonds. The van der Waals surface area contributed by atoms with Gasteiger partial charge in [0.1, 0.15) is 12.1 Å². The van der Waals surface area contributed by atoms with Crippen LogP contribution in [0.5, 0.6) is 0 Å². The molecule has 1 aromatic rings. The predicted octanol–water partition coefficient (Wildman–Crippen LogP) is -0.642. The van der Waals surface area contributed by atoms with Crippen LogP contribution < -0.4 is 10.6 Å². The van der Waals surface area contributed by atoms with Crippen LogP contribution in [-0.2, 0) is 21.4 Å². The number of aromatic nitrogens is 2. The van der Waals surface area contributed by atoms with Gasteiger partial charge in [-0.3, -0.25) is 9.48 Å². The van der Waals surface area contributed by atoms with Crippen LogP contribution in [0, 0.1) is 0 Å². The van der Waals surface area contributed by atoms with Crippen molar-refractivity contribution in [2.75, 3.05) is 14.2 Å². The zero-order chi connectivity index (χ0) is 13.7. The fourth-order valence-electron chi connectivity index (χ4n) is 1.57. The molecular formula is C11H18N4O3. The number of hydrogen-bond donors (Lipinski definition) is 2. The van der Waals surface area contributed by atoms with E-state index in [1.165, 1.54) is 7.11 Å². The summed E-state index contributed by atoms with van der Waals surface area (Å²) < 4.78 is 6.15. The van der Waals surface area contributed by atoms with Crippen molar-refractivity contribution in [3.05, 3.63) is 18.0 Å². The molecule has 0 aliphatic heterocycles. The van der Waals surface area contributed by atoms with E-state index in [9.17, 15) is 9.59 Å². The van der Waals surface area contributed by atoms with Crippen molar-refractivity contribution >= 4 is 11.9 Å². The number of carbonyl (C=O) groups is 2. The molecule has 1 rings (SSSR count). The lowest BCUT2D eigenvalue weighted by Crippen LogP contribution is -2.44. The largest absolute Gasteiger partial charge is 0.467 e. The first kappa shape index (κ1) is 14.2. The van der Waals surface area contributed by atoms with Gasteiger partial charge in [0.05, 0.1) is 13.3 Å². The molecule has 1 heterocycles. The van der Waals surface area contributed by atoms with Crippen molar-refractivity contribution in [2.45, 2.75) is 19.0 Å². The molecule has 0 bridgehead atoms. The molecule has 2 N–H and O–H groups in total. The number of methoxy groups -OCH3 is 1. The van der Waals surface area contributed by atoms with Gasteiger partial charge in [0.2, 0.25) is 5.91 Å². The molecule has 18 heavy (non-hydrogen) atoms. The number of amides is 1. The van der Waals surface area contributed by atoms with Crippen LogP contribution in [0.1, 0.15) is 18.5 Å². The Morgan fingerprint density at radius 3 is 2.61 bits per heavy atom. The highest BCUT2D eigenvalue weighted by molar-refractivity contribution is 5.88. The van der Waals surface area contributed by atoms with Crippen LogP contribution in [-0.4, -0.2) is 41.9 Å². The molecule has 2 atom stereocenters. The number of carbonyl (C=O) groups excluding carboxylic acids is 2. The van der Waals surface area contributed by atoms with Gasteiger partial charge >= 0.3 is 5.97 Å². The first-order chi connectivity index (χ1) is 8.49. The van der Waals surface area contributed by atoms with E-state index in [-0.39, 0.29) is 5.91 Å². The van der Waals surface area contributed by atoms with Crippen LogP contribution in [0.15, 0.2) is 12.4 Å². The molecule has 0 spiro atoms. The van der Waals surface area contributed by atoms with Gasteiger partial charge in [0, 0.05) is 18.8 Å². The fourth-order valence-corrected chi connectivity index (χ4v) is 1.57. The van der Waals surface area contributed by atoms with E-state index in [0.717, 1.165) is 5.56 Å². The Labute approximate surface area is 105 Å². The van der Waals surface area contributed by atoms with E-state index in [0.29, 0.717) is 0 Å². The Hall–Kier alpha value is -1.89. The minimum Gasteiger partial charge on any atom is -0.467 e. The fraction of sp³-hybridized carbons (Fsp3) is 0.545. The van der Waals surface area contributed by atoms with Crippen molar-refractivity contribution < 1.29 is 14.3 Å². The molecule has 0 fully saturated rings. The SMILES string of the molecule is CNC(C(=O)NC(C)C(=O)OC)c1cnn(C)c1. The molecule has 0 aliphatic carbocycles. The molecule has 0 radical (unpaired) electrons. The molecule has 0 aromatic carbocycles. The molecule has 7 heteroatoms. The van der Waals surface area contributed by atoms with E-state index in [1.54, 1.807) is 38.1 Å². The first-order valence-electron chi connectivity index (χ1n) is 5.53. The van der Waals surface area contributed by atoms with Crippen LogP contribution in [0.4, 0.5) is 0 Å². The van der Waals surface area contributed by atoms with Crippen LogP contribution >= 0.6 is 0 Å². The lowest BCUT2D eigenvalue weighted by Gasteiger charge is -2.17. The zero-order valence-corrected chi connectivity index (χ0v) is 10.9. The second-order valence-corrected chi connectivity index (χ2v) is 3.92. The van der Waals surface area contributed by atoms with E-state index >= 15 is 0 Å². The summed E-state index contributed by atoms with van der Waals surface area (Å²) in [4.78, 5) is 23.2. The number of nitrogens with one attached hydrogen (secondary N) is 2. The van der Waals surface area contributed by atoms with Crippen LogP contribution in [0.2, 0.25) is 0 Å². The summed E-state index contributed by atoms with van der Waals surface area (Å²) >= 11 is 0. The standard InChI is InChI=1S/C11H18N4O3/c1-7(11(17)18-4)14-10(16)9(12-2)8-5-13-15(3)6-8/h5-7,9,12H,1-4H3,(H,14,16). The number of rotatable bonds is 5. The quantitative estimate of drug-likeness (QED) is 0.683. The van der Waals surface area contributed by atoms with Gasteiger partial charge in [0.25, 0.3) is 0 Å². The Bertz CT molecular complexity index is 430. The topological polar surface area (TPSA) is 85.2 Å². The molecule has 2 unspecified atom stereocenters. The normalized spacial score (nSPS) is 13.8. The van der Waals surface area contributed by atoms with Crippen LogP contribution in [0.3, 0.4) is 0 Å². The summed E-state index contributed by atoms with van der Waals surface area (Å²) in [7, 11) is 4.72. The number of likely N-dealkylation sites (N-methyl/N-ethyl adjacent to an activating group) is 1. The molecule has 0 aliphatic rings. The smallest absolute Gasteiger partial charge is 0.328 e. The Morgan fingerprint density at radius 1 is 1.50 bits per heavy atom. The van der Waals surface area contributed by atoms with Crippen molar-refractivity contribution in [3.63, 3.8) is 0 Å². The third-order valence-corrected chi connectivity index (χ3v) is 2.52. The second kappa shape index (κ2) is 6.15. The Kier molecular flexibility index (Phi) is 4.85. The lowest BCUT2D eigenvalue weighted by atomic mass is 10.1. The highest BCUT2D eigenvalue weighted by Crippen LogP contribution is 2.11. The van der Waals surface area contributed by atoms with Crippen molar-refractivity contribution in [3.8, 4) is 0 Å². The predicted molar refractivity (Wildman–Crippen MR) is 64.6 cm³/mol. The maximum absolute atomic E-state index is 12.0. The molecule has 1 aromatic heterocycles. The van der Waals surface area contributed by atoms with E-state index in [1.807, 2.05) is 0 Å². The number of hydrogen-bond acceptors (Lipinski definition) is 5. The molecule has 7 nitrogen and oxygen atoms in total. The number of esters is 1. The highest BCUT2D eigenvalue weighted by atomic mass is 16.5. The number of ether oxygens (including phenoxy) is 1. The zero-order valence-electron chi connectivity index (χ0n) is 10.9. The number of aryl methyl sites for hydroxylation is 1. The molecule has 100 valence electrons. The van der Waals surface area contributed by atoms with E-state index in [2.05, 4.69) is 20.5 Å². The third-order valence-electron chi connectivity index (χ3n) is 2.52. The summed E-state index contributed by atoms with van der Waals surface area (Å²) in [5.74, 6) is -0.784. The van der Waals surface area contributed by atoms with Gasteiger partial charge in [-0.15, -0.1) is 0 Å². The first-order valence-corrected chi connectivity index (χ1v) is 5.53. The Balaban J connectivity index is 2.72. The van der Waals surface area contributed by atoms with E-state index < -0.39 is 18.1 Å². The van der Waals surface area contributed by atoms with Crippen molar-refractivity contribution in [1.82, 2.24) is 20.4 Å². The summed E-state index contributed by atoms with van der Waals surface area (Å²) in [6.45, 7) is 1.57. The summed E-state index contributed by atoms with van der Waals surface area (Å²) in [5, 5.41) is 9.46. The van der Waals surface area contributed by atoms with Gasteiger partial charge in [-0.25, -0.2) is 4.79 Å². The van der Waals surface area contributed by atoms with Gasteiger partial charge < -0.3 is 15.4 Å². The maximum Gasteiger partial charge on any atom is 0.328 e. The Morgan fingerprint density at radius 2 is 2.17 bits per heavy atom. The second-order valence-electron chi connectivity index (χ2n) is 3.92. The average molecular weight is 254 g/mol. The van der Waals surface area contributed by atoms with Gasteiger partial charge in [0.15, 0.2) is 0 Å². The van der Waals surface area contributed by atoms with Crippen LogP contribution in [0.25, 0.3) is 0 Å². The maximum atomic E-state index is 12.0.